The Kier molecular flexibility index (Phi) is 6.87. The number of hydrogen-bond acceptors (Lipinski definition) is 0. The molecule has 0 aromatic carbocycles. The number of aryl methyl sites for hydroxylation is 1. The van der Waals surface area contributed by atoms with E-state index in [1.54, 1.807) is 5.56 Å². The second-order valence-corrected chi connectivity index (χ2v) is 5.05. The van der Waals surface area contributed by atoms with Crippen LogP contribution in [-0.4, -0.2) is 0 Å². The molecule has 0 nitrogen and oxygen atoms in total. The molecule has 1 aromatic heterocycles. The Balaban J connectivity index is 1.85. The number of hydrogen-bond donors (Lipinski definition) is 0. The fraction of sp³-hybridized carbons (Fsp3) is 0.692. The minimum atomic E-state index is 0.958. The van der Waals surface area contributed by atoms with Crippen LogP contribution in [0, 0.1) is 0 Å². The van der Waals surface area contributed by atoms with E-state index in [0.29, 0.717) is 0 Å². The molecule has 0 spiro atoms. The maximum Gasteiger partial charge on any atom is -0.0276 e. The smallest absolute Gasteiger partial charge is 0.0276 e. The van der Waals surface area contributed by atoms with E-state index < -0.39 is 0 Å². The summed E-state index contributed by atoms with van der Waals surface area (Å²) in [5.41, 5.74) is 1.58. The van der Waals surface area contributed by atoms with E-state index in [2.05, 4.69) is 24.6 Å². The van der Waals surface area contributed by atoms with Gasteiger partial charge in [-0.2, -0.15) is 0 Å². The van der Waals surface area contributed by atoms with Gasteiger partial charge in [0, 0.05) is 0 Å². The molecule has 80 valence electrons. The maximum atomic E-state index is 2.39. The largest absolute Gasteiger partial charge is 0.140 e. The SMILES string of the molecule is CCCCCCCCCc1cc[pH]c1. The molecule has 0 saturated carbocycles. The third kappa shape index (κ3) is 5.50. The zero-order valence-corrected chi connectivity index (χ0v) is 10.4. The number of rotatable bonds is 8. The quantitative estimate of drug-likeness (QED) is 0.529. The molecule has 0 aliphatic rings. The van der Waals surface area contributed by atoms with Crippen molar-refractivity contribution in [3.63, 3.8) is 0 Å². The Morgan fingerprint density at radius 2 is 1.71 bits per heavy atom. The van der Waals surface area contributed by atoms with Gasteiger partial charge in [-0.1, -0.05) is 51.5 Å². The highest BCUT2D eigenvalue weighted by Gasteiger charge is 1.93. The van der Waals surface area contributed by atoms with E-state index in [0.717, 1.165) is 8.19 Å². The van der Waals surface area contributed by atoms with Crippen LogP contribution in [0.25, 0.3) is 0 Å². The summed E-state index contributed by atoms with van der Waals surface area (Å²) in [6.07, 6.45) is 11.3. The van der Waals surface area contributed by atoms with Crippen LogP contribution in [0.4, 0.5) is 0 Å². The monoisotopic (exact) mass is 210 g/mol. The molecule has 1 aromatic rings. The summed E-state index contributed by atoms with van der Waals surface area (Å²) in [5, 5.41) is 0. The topological polar surface area (TPSA) is 0 Å². The molecule has 1 unspecified atom stereocenters. The maximum absolute atomic E-state index is 2.39. The standard InChI is InChI=1S/C13H23P/c1-2-3-4-5-6-7-8-9-13-10-11-14-12-13/h10-12,14H,2-9H2,1H3. The highest BCUT2D eigenvalue weighted by Crippen LogP contribution is 2.15. The van der Waals surface area contributed by atoms with Gasteiger partial charge in [0.25, 0.3) is 0 Å². The second-order valence-electron chi connectivity index (χ2n) is 4.09. The first-order valence-electron chi connectivity index (χ1n) is 6.05. The minimum absolute atomic E-state index is 0.958. The van der Waals surface area contributed by atoms with Crippen molar-refractivity contribution >= 4 is 8.19 Å². The van der Waals surface area contributed by atoms with Gasteiger partial charge in [-0.25, -0.2) is 0 Å². The molecule has 1 rings (SSSR count). The average Bonchev–Trinajstić information content (AvgIpc) is 2.69. The highest BCUT2D eigenvalue weighted by molar-refractivity contribution is 7.28. The molecule has 0 aliphatic heterocycles. The predicted octanol–water partition coefficient (Wildman–Crippen LogP) is 5.01. The van der Waals surface area contributed by atoms with Crippen molar-refractivity contribution in [3.05, 3.63) is 23.2 Å². The van der Waals surface area contributed by atoms with Crippen LogP contribution in [0.2, 0.25) is 0 Å². The molecule has 1 heteroatoms. The van der Waals surface area contributed by atoms with Gasteiger partial charge in [0.1, 0.15) is 0 Å². The van der Waals surface area contributed by atoms with Crippen LogP contribution >= 0.6 is 8.19 Å². The van der Waals surface area contributed by atoms with Gasteiger partial charge >= 0.3 is 0 Å². The Morgan fingerprint density at radius 3 is 2.36 bits per heavy atom. The van der Waals surface area contributed by atoms with Crippen LogP contribution in [-0.2, 0) is 6.42 Å². The predicted molar refractivity (Wildman–Crippen MR) is 67.6 cm³/mol. The van der Waals surface area contributed by atoms with Crippen molar-refractivity contribution in [2.24, 2.45) is 0 Å². The van der Waals surface area contributed by atoms with Crippen LogP contribution in [0.5, 0.6) is 0 Å². The molecule has 14 heavy (non-hydrogen) atoms. The fourth-order valence-corrected chi connectivity index (χ4v) is 2.66. The van der Waals surface area contributed by atoms with Gasteiger partial charge < -0.3 is 0 Å². The van der Waals surface area contributed by atoms with Crippen molar-refractivity contribution in [3.8, 4) is 0 Å². The molecular weight excluding hydrogens is 187 g/mol. The summed E-state index contributed by atoms with van der Waals surface area (Å²) in [6, 6.07) is 2.30. The molecule has 0 radical (unpaired) electrons. The zero-order valence-electron chi connectivity index (χ0n) is 9.39. The molecule has 0 fully saturated rings. The van der Waals surface area contributed by atoms with Crippen molar-refractivity contribution in [1.82, 2.24) is 0 Å². The first-order valence-corrected chi connectivity index (χ1v) is 7.20. The Morgan fingerprint density at radius 1 is 1.00 bits per heavy atom. The van der Waals surface area contributed by atoms with E-state index in [-0.39, 0.29) is 0 Å². The van der Waals surface area contributed by atoms with Crippen molar-refractivity contribution in [2.75, 3.05) is 0 Å². The molecular formula is C13H23P. The van der Waals surface area contributed by atoms with Crippen LogP contribution in [0.15, 0.2) is 17.7 Å². The molecule has 0 N–H and O–H groups in total. The molecule has 1 atom stereocenters. The van der Waals surface area contributed by atoms with E-state index >= 15 is 0 Å². The Hall–Kier alpha value is -0.220. The summed E-state index contributed by atoms with van der Waals surface area (Å²) in [6.45, 7) is 2.28. The lowest BCUT2D eigenvalue weighted by molar-refractivity contribution is 0.589. The van der Waals surface area contributed by atoms with Crippen molar-refractivity contribution in [1.29, 1.82) is 0 Å². The Labute approximate surface area is 90.2 Å². The van der Waals surface area contributed by atoms with Crippen molar-refractivity contribution in [2.45, 2.75) is 58.3 Å². The minimum Gasteiger partial charge on any atom is -0.140 e. The number of unbranched alkanes of at least 4 members (excludes halogenated alkanes) is 6. The van der Waals surface area contributed by atoms with Gasteiger partial charge in [0.2, 0.25) is 0 Å². The molecule has 1 heterocycles. The van der Waals surface area contributed by atoms with Gasteiger partial charge in [-0.05, 0) is 30.0 Å². The lowest BCUT2D eigenvalue weighted by Gasteiger charge is -2.00. The second kappa shape index (κ2) is 8.12. The van der Waals surface area contributed by atoms with Crippen LogP contribution in [0.3, 0.4) is 0 Å². The van der Waals surface area contributed by atoms with E-state index in [9.17, 15) is 0 Å². The molecule has 0 saturated heterocycles. The van der Waals surface area contributed by atoms with Gasteiger partial charge in [-0.15, -0.1) is 8.19 Å². The highest BCUT2D eigenvalue weighted by atomic mass is 31.0. The summed E-state index contributed by atoms with van der Waals surface area (Å²) in [7, 11) is 0.958. The average molecular weight is 210 g/mol. The Bertz CT molecular complexity index is 201. The molecule has 0 amide bonds. The third-order valence-corrected chi connectivity index (χ3v) is 3.63. The lowest BCUT2D eigenvalue weighted by Crippen LogP contribution is -1.83. The third-order valence-electron chi connectivity index (χ3n) is 2.73. The summed E-state index contributed by atoms with van der Waals surface area (Å²) >= 11 is 0. The van der Waals surface area contributed by atoms with E-state index in [1.165, 1.54) is 51.4 Å². The lowest BCUT2D eigenvalue weighted by atomic mass is 10.1. The van der Waals surface area contributed by atoms with Crippen LogP contribution in [0.1, 0.15) is 57.4 Å². The molecule has 0 bridgehead atoms. The fourth-order valence-electron chi connectivity index (χ4n) is 1.80. The normalized spacial score (nSPS) is 11.2. The van der Waals surface area contributed by atoms with Gasteiger partial charge in [0.15, 0.2) is 0 Å². The molecule has 0 aliphatic carbocycles. The summed E-state index contributed by atoms with van der Waals surface area (Å²) < 4.78 is 0. The first kappa shape index (κ1) is 11.9. The zero-order chi connectivity index (χ0) is 10.1. The summed E-state index contributed by atoms with van der Waals surface area (Å²) in [4.78, 5) is 0. The van der Waals surface area contributed by atoms with Gasteiger partial charge in [-0.3, -0.25) is 0 Å². The van der Waals surface area contributed by atoms with Gasteiger partial charge in [0.05, 0.1) is 0 Å². The summed E-state index contributed by atoms with van der Waals surface area (Å²) in [5.74, 6) is 4.67. The van der Waals surface area contributed by atoms with Crippen LogP contribution < -0.4 is 0 Å². The van der Waals surface area contributed by atoms with E-state index in [1.807, 2.05) is 0 Å². The van der Waals surface area contributed by atoms with Crippen molar-refractivity contribution < 1.29 is 0 Å². The first-order chi connectivity index (χ1) is 6.93. The van der Waals surface area contributed by atoms with E-state index in [4.69, 9.17) is 0 Å².